The number of benzene rings is 1. The summed E-state index contributed by atoms with van der Waals surface area (Å²) >= 11 is 5.93. The fourth-order valence-corrected chi connectivity index (χ4v) is 1.42. The number of ether oxygens (including phenoxy) is 1. The zero-order valence-electron chi connectivity index (χ0n) is 8.54. The van der Waals surface area contributed by atoms with E-state index >= 15 is 0 Å². The van der Waals surface area contributed by atoms with Crippen LogP contribution < -0.4 is 4.74 Å². The molecule has 0 amide bonds. The highest BCUT2D eigenvalue weighted by Gasteiger charge is 2.13. The third kappa shape index (κ3) is 2.80. The first-order chi connectivity index (χ1) is 7.06. The van der Waals surface area contributed by atoms with Gasteiger partial charge in [0, 0.05) is 18.9 Å². The SMILES string of the molecule is CCC(=O)c1cccc(OC(C)=O)c1Cl. The lowest BCUT2D eigenvalue weighted by atomic mass is 10.1. The molecule has 0 N–H and O–H groups in total. The number of hydrogen-bond acceptors (Lipinski definition) is 3. The second-order valence-electron chi connectivity index (χ2n) is 2.99. The fraction of sp³-hybridized carbons (Fsp3) is 0.273. The number of ketones is 1. The van der Waals surface area contributed by atoms with Crippen molar-refractivity contribution in [2.24, 2.45) is 0 Å². The van der Waals surface area contributed by atoms with Gasteiger partial charge in [-0.3, -0.25) is 9.59 Å². The van der Waals surface area contributed by atoms with Gasteiger partial charge in [-0.15, -0.1) is 0 Å². The predicted octanol–water partition coefficient (Wildman–Crippen LogP) is 2.86. The number of carbonyl (C=O) groups excluding carboxylic acids is 2. The number of hydrogen-bond donors (Lipinski definition) is 0. The van der Waals surface area contributed by atoms with Gasteiger partial charge in [0.25, 0.3) is 0 Å². The molecule has 0 aromatic heterocycles. The zero-order valence-corrected chi connectivity index (χ0v) is 9.30. The van der Waals surface area contributed by atoms with Crippen LogP contribution in [0.25, 0.3) is 0 Å². The van der Waals surface area contributed by atoms with Gasteiger partial charge < -0.3 is 4.74 Å². The Morgan fingerprint density at radius 3 is 2.60 bits per heavy atom. The Balaban J connectivity index is 3.11. The molecule has 1 rings (SSSR count). The normalized spacial score (nSPS) is 9.80. The third-order valence-corrected chi connectivity index (χ3v) is 2.23. The Labute approximate surface area is 93.0 Å². The van der Waals surface area contributed by atoms with Crippen LogP contribution >= 0.6 is 11.6 Å². The fourth-order valence-electron chi connectivity index (χ4n) is 1.15. The molecule has 4 heteroatoms. The van der Waals surface area contributed by atoms with Gasteiger partial charge in [-0.1, -0.05) is 24.6 Å². The third-order valence-electron chi connectivity index (χ3n) is 1.84. The molecule has 1 aromatic rings. The maximum atomic E-state index is 11.4. The van der Waals surface area contributed by atoms with Crippen LogP contribution in [0.15, 0.2) is 18.2 Å². The van der Waals surface area contributed by atoms with Gasteiger partial charge in [0.15, 0.2) is 5.78 Å². The van der Waals surface area contributed by atoms with Crippen LogP contribution in [0.3, 0.4) is 0 Å². The summed E-state index contributed by atoms with van der Waals surface area (Å²) in [5.41, 5.74) is 0.387. The molecular formula is C11H11ClO3. The standard InChI is InChI=1S/C11H11ClO3/c1-3-9(14)8-5-4-6-10(11(8)12)15-7(2)13/h4-6H,3H2,1-2H3. The number of halogens is 1. The monoisotopic (exact) mass is 226 g/mol. The molecule has 0 bridgehead atoms. The lowest BCUT2D eigenvalue weighted by Crippen LogP contribution is -2.04. The molecule has 0 heterocycles. The molecule has 0 fully saturated rings. The Kier molecular flexibility index (Phi) is 3.86. The summed E-state index contributed by atoms with van der Waals surface area (Å²) in [5, 5.41) is 0.194. The van der Waals surface area contributed by atoms with Gasteiger partial charge in [-0.05, 0) is 12.1 Å². The molecule has 0 atom stereocenters. The predicted molar refractivity (Wildman–Crippen MR) is 57.4 cm³/mol. The van der Waals surface area contributed by atoms with E-state index < -0.39 is 5.97 Å². The second-order valence-corrected chi connectivity index (χ2v) is 3.37. The minimum Gasteiger partial charge on any atom is -0.425 e. The van der Waals surface area contributed by atoms with Crippen LogP contribution in [0, 0.1) is 0 Å². The maximum absolute atomic E-state index is 11.4. The van der Waals surface area contributed by atoms with Crippen LogP contribution in [0.4, 0.5) is 0 Å². The quantitative estimate of drug-likeness (QED) is 0.452. The Morgan fingerprint density at radius 2 is 2.07 bits per heavy atom. The van der Waals surface area contributed by atoms with E-state index in [4.69, 9.17) is 16.3 Å². The molecule has 3 nitrogen and oxygen atoms in total. The minimum absolute atomic E-state index is 0.0750. The summed E-state index contributed by atoms with van der Waals surface area (Å²) in [7, 11) is 0. The van der Waals surface area contributed by atoms with E-state index in [1.54, 1.807) is 25.1 Å². The summed E-state index contributed by atoms with van der Waals surface area (Å²) < 4.78 is 4.86. The average molecular weight is 227 g/mol. The Hall–Kier alpha value is -1.35. The van der Waals surface area contributed by atoms with Crippen molar-refractivity contribution in [3.8, 4) is 5.75 Å². The Morgan fingerprint density at radius 1 is 1.40 bits per heavy atom. The molecule has 80 valence electrons. The summed E-state index contributed by atoms with van der Waals surface area (Å²) in [4.78, 5) is 22.2. The molecule has 0 aliphatic carbocycles. The summed E-state index contributed by atoms with van der Waals surface area (Å²) in [6.45, 7) is 3.03. The van der Waals surface area contributed by atoms with Crippen LogP contribution in [-0.2, 0) is 4.79 Å². The highest BCUT2D eigenvalue weighted by molar-refractivity contribution is 6.35. The molecule has 0 radical (unpaired) electrons. The van der Waals surface area contributed by atoms with Crippen LogP contribution in [-0.4, -0.2) is 11.8 Å². The molecule has 0 spiro atoms. The van der Waals surface area contributed by atoms with Crippen molar-refractivity contribution in [2.45, 2.75) is 20.3 Å². The number of Topliss-reactive ketones (excluding diaryl/α,β-unsaturated/α-hetero) is 1. The van der Waals surface area contributed by atoms with Crippen LogP contribution in [0.1, 0.15) is 30.6 Å². The first-order valence-corrected chi connectivity index (χ1v) is 4.94. The molecule has 0 saturated carbocycles. The minimum atomic E-state index is -0.460. The van der Waals surface area contributed by atoms with E-state index in [1.807, 2.05) is 0 Å². The van der Waals surface area contributed by atoms with Gasteiger partial charge in [0.1, 0.15) is 5.75 Å². The van der Waals surface area contributed by atoms with Crippen LogP contribution in [0.2, 0.25) is 5.02 Å². The largest absolute Gasteiger partial charge is 0.425 e. The van der Waals surface area contributed by atoms with E-state index in [2.05, 4.69) is 0 Å². The number of carbonyl (C=O) groups is 2. The molecule has 0 unspecified atom stereocenters. The average Bonchev–Trinajstić information content (AvgIpc) is 2.19. The smallest absolute Gasteiger partial charge is 0.308 e. The highest BCUT2D eigenvalue weighted by atomic mass is 35.5. The van der Waals surface area contributed by atoms with Crippen molar-refractivity contribution in [1.29, 1.82) is 0 Å². The van der Waals surface area contributed by atoms with Gasteiger partial charge in [-0.2, -0.15) is 0 Å². The van der Waals surface area contributed by atoms with Crippen molar-refractivity contribution in [2.75, 3.05) is 0 Å². The van der Waals surface area contributed by atoms with E-state index in [0.717, 1.165) is 0 Å². The second kappa shape index (κ2) is 4.94. The Bertz CT molecular complexity index is 399. The first-order valence-electron chi connectivity index (χ1n) is 4.56. The van der Waals surface area contributed by atoms with Crippen molar-refractivity contribution in [3.05, 3.63) is 28.8 Å². The summed E-state index contributed by atoms with van der Waals surface area (Å²) in [5.74, 6) is -0.310. The molecule has 15 heavy (non-hydrogen) atoms. The highest BCUT2D eigenvalue weighted by Crippen LogP contribution is 2.28. The van der Waals surface area contributed by atoms with Gasteiger partial charge in [-0.25, -0.2) is 0 Å². The molecule has 0 aliphatic rings. The number of esters is 1. The topological polar surface area (TPSA) is 43.4 Å². The molecular weight excluding hydrogens is 216 g/mol. The van der Waals surface area contributed by atoms with Crippen LogP contribution in [0.5, 0.6) is 5.75 Å². The van der Waals surface area contributed by atoms with E-state index in [-0.39, 0.29) is 16.6 Å². The van der Waals surface area contributed by atoms with Crippen molar-refractivity contribution in [3.63, 3.8) is 0 Å². The summed E-state index contributed by atoms with van der Waals surface area (Å²) in [6.07, 6.45) is 0.364. The van der Waals surface area contributed by atoms with Crippen molar-refractivity contribution >= 4 is 23.4 Å². The zero-order chi connectivity index (χ0) is 11.4. The lowest BCUT2D eigenvalue weighted by molar-refractivity contribution is -0.131. The van der Waals surface area contributed by atoms with Gasteiger partial charge >= 0.3 is 5.97 Å². The lowest BCUT2D eigenvalue weighted by Gasteiger charge is -2.07. The van der Waals surface area contributed by atoms with Crippen molar-refractivity contribution in [1.82, 2.24) is 0 Å². The molecule has 1 aromatic carbocycles. The first kappa shape index (κ1) is 11.7. The van der Waals surface area contributed by atoms with E-state index in [1.165, 1.54) is 6.92 Å². The van der Waals surface area contributed by atoms with Gasteiger partial charge in [0.2, 0.25) is 0 Å². The summed E-state index contributed by atoms with van der Waals surface area (Å²) in [6, 6.07) is 4.80. The molecule has 0 saturated heterocycles. The molecule has 0 aliphatic heterocycles. The maximum Gasteiger partial charge on any atom is 0.308 e. The van der Waals surface area contributed by atoms with E-state index in [0.29, 0.717) is 12.0 Å². The van der Waals surface area contributed by atoms with E-state index in [9.17, 15) is 9.59 Å². The van der Waals surface area contributed by atoms with Crippen molar-refractivity contribution < 1.29 is 14.3 Å². The van der Waals surface area contributed by atoms with Gasteiger partial charge in [0.05, 0.1) is 5.02 Å². The number of rotatable bonds is 3.